The molecular formula is C23H28N6OS. The Labute approximate surface area is 187 Å². The fraction of sp³-hybridized carbons (Fsp3) is 0.391. The zero-order valence-corrected chi connectivity index (χ0v) is 19.0. The molecule has 0 radical (unpaired) electrons. The first-order chi connectivity index (χ1) is 15.1. The second-order valence-electron chi connectivity index (χ2n) is 7.54. The number of para-hydroxylation sites is 1. The Hall–Kier alpha value is -2.87. The molecule has 0 unspecified atom stereocenters. The first-order valence-corrected chi connectivity index (χ1v) is 11.6. The normalized spacial score (nSPS) is 14.3. The smallest absolute Gasteiger partial charge is 0.241 e. The number of hydrogen-bond acceptors (Lipinski definition) is 6. The monoisotopic (exact) mass is 436 g/mol. The number of rotatable bonds is 9. The zero-order chi connectivity index (χ0) is 21.8. The summed E-state index contributed by atoms with van der Waals surface area (Å²) in [7, 11) is 0. The number of thioether (sulfide) groups is 1. The second-order valence-corrected chi connectivity index (χ2v) is 8.89. The van der Waals surface area contributed by atoms with Crippen LogP contribution in [0.15, 0.2) is 53.8 Å². The van der Waals surface area contributed by atoms with Gasteiger partial charge in [0.2, 0.25) is 5.91 Å². The molecule has 0 spiro atoms. The van der Waals surface area contributed by atoms with Crippen LogP contribution in [0.4, 0.5) is 11.5 Å². The number of nitrogens with one attached hydrogen (secondary N) is 1. The molecule has 1 aromatic carbocycles. The van der Waals surface area contributed by atoms with E-state index in [0.717, 1.165) is 60.5 Å². The molecule has 8 heteroatoms. The largest absolute Gasteiger partial charge is 0.357 e. The van der Waals surface area contributed by atoms with Crippen LogP contribution in [-0.2, 0) is 11.3 Å². The molecule has 2 heterocycles. The lowest BCUT2D eigenvalue weighted by Crippen LogP contribution is -2.27. The van der Waals surface area contributed by atoms with E-state index < -0.39 is 4.75 Å². The predicted molar refractivity (Wildman–Crippen MR) is 125 cm³/mol. The maximum absolute atomic E-state index is 13.0. The van der Waals surface area contributed by atoms with Gasteiger partial charge in [-0.1, -0.05) is 30.0 Å². The van der Waals surface area contributed by atoms with E-state index >= 15 is 0 Å². The third-order valence-corrected chi connectivity index (χ3v) is 7.03. The van der Waals surface area contributed by atoms with Gasteiger partial charge in [0.15, 0.2) is 11.0 Å². The third kappa shape index (κ3) is 4.44. The molecule has 0 atom stereocenters. The molecule has 0 saturated heterocycles. The Balaban J connectivity index is 1.57. The molecule has 1 aliphatic rings. The standard InChI is InChI=1S/C23H28N6OS/c1-4-28(5-2)19-16-17(12-15-24-19)20-26-27-22(29(20)6-3)31-23(13-14-23)21(30)25-18-10-8-7-9-11-18/h7-12,15-16H,4-6,13-14H2,1-3H3,(H,25,30). The van der Waals surface area contributed by atoms with Gasteiger partial charge >= 0.3 is 0 Å². The average molecular weight is 437 g/mol. The summed E-state index contributed by atoms with van der Waals surface area (Å²) in [6.07, 6.45) is 3.49. The van der Waals surface area contributed by atoms with Crippen molar-refractivity contribution < 1.29 is 4.79 Å². The van der Waals surface area contributed by atoms with Crippen LogP contribution in [0.1, 0.15) is 33.6 Å². The minimum absolute atomic E-state index is 0.0311. The van der Waals surface area contributed by atoms with Crippen LogP contribution in [0, 0.1) is 0 Å². The van der Waals surface area contributed by atoms with Gasteiger partial charge in [-0.15, -0.1) is 10.2 Å². The van der Waals surface area contributed by atoms with E-state index in [1.165, 1.54) is 11.8 Å². The number of aromatic nitrogens is 4. The van der Waals surface area contributed by atoms with Gasteiger partial charge in [-0.05, 0) is 57.9 Å². The van der Waals surface area contributed by atoms with E-state index in [1.54, 1.807) is 0 Å². The minimum atomic E-state index is -0.475. The van der Waals surface area contributed by atoms with E-state index in [1.807, 2.05) is 42.6 Å². The Morgan fingerprint density at radius 3 is 2.52 bits per heavy atom. The maximum Gasteiger partial charge on any atom is 0.241 e. The van der Waals surface area contributed by atoms with E-state index in [9.17, 15) is 4.79 Å². The fourth-order valence-electron chi connectivity index (χ4n) is 3.57. The number of hydrogen-bond donors (Lipinski definition) is 1. The highest BCUT2D eigenvalue weighted by Gasteiger charge is 2.52. The van der Waals surface area contributed by atoms with E-state index in [0.29, 0.717) is 0 Å². The topological polar surface area (TPSA) is 75.9 Å². The number of amides is 1. The highest BCUT2D eigenvalue weighted by atomic mass is 32.2. The molecule has 0 bridgehead atoms. The molecular weight excluding hydrogens is 408 g/mol. The van der Waals surface area contributed by atoms with Crippen LogP contribution in [0.5, 0.6) is 0 Å². The highest BCUT2D eigenvalue weighted by Crippen LogP contribution is 2.52. The summed E-state index contributed by atoms with van der Waals surface area (Å²) in [4.78, 5) is 19.7. The van der Waals surface area contributed by atoms with Gasteiger partial charge in [0.05, 0.1) is 0 Å². The van der Waals surface area contributed by atoms with Gasteiger partial charge in [-0.3, -0.25) is 4.79 Å². The van der Waals surface area contributed by atoms with Gasteiger partial charge in [-0.25, -0.2) is 4.98 Å². The summed E-state index contributed by atoms with van der Waals surface area (Å²) >= 11 is 1.52. The highest BCUT2D eigenvalue weighted by molar-refractivity contribution is 8.01. The summed E-state index contributed by atoms with van der Waals surface area (Å²) in [5.74, 6) is 1.77. The first-order valence-electron chi connectivity index (χ1n) is 10.8. The lowest BCUT2D eigenvalue weighted by atomic mass is 10.2. The van der Waals surface area contributed by atoms with Crippen LogP contribution in [0.2, 0.25) is 0 Å². The molecule has 0 aliphatic heterocycles. The van der Waals surface area contributed by atoms with Crippen molar-refractivity contribution in [1.82, 2.24) is 19.7 Å². The van der Waals surface area contributed by atoms with Crippen molar-refractivity contribution in [2.24, 2.45) is 0 Å². The van der Waals surface area contributed by atoms with E-state index in [2.05, 4.69) is 56.8 Å². The Morgan fingerprint density at radius 2 is 1.87 bits per heavy atom. The Kier molecular flexibility index (Phi) is 6.27. The molecule has 2 aromatic heterocycles. The SMILES string of the molecule is CCN(CC)c1cc(-c2nnc(SC3(C(=O)Nc4ccccc4)CC3)n2CC)ccn1. The zero-order valence-electron chi connectivity index (χ0n) is 18.2. The van der Waals surface area contributed by atoms with E-state index in [-0.39, 0.29) is 5.91 Å². The summed E-state index contributed by atoms with van der Waals surface area (Å²) in [6.45, 7) is 8.84. The van der Waals surface area contributed by atoms with Crippen LogP contribution in [0.3, 0.4) is 0 Å². The summed E-state index contributed by atoms with van der Waals surface area (Å²) < 4.78 is 1.61. The molecule has 31 heavy (non-hydrogen) atoms. The quantitative estimate of drug-likeness (QED) is 0.533. The van der Waals surface area contributed by atoms with Crippen molar-refractivity contribution >= 4 is 29.2 Å². The fourth-order valence-corrected chi connectivity index (χ4v) is 4.78. The van der Waals surface area contributed by atoms with Crippen LogP contribution < -0.4 is 10.2 Å². The Bertz CT molecular complexity index is 1040. The van der Waals surface area contributed by atoms with Crippen molar-refractivity contribution in [3.05, 3.63) is 48.7 Å². The summed E-state index contributed by atoms with van der Waals surface area (Å²) in [6, 6.07) is 13.6. The van der Waals surface area contributed by atoms with Crippen LogP contribution >= 0.6 is 11.8 Å². The number of carbonyl (C=O) groups excluding carboxylic acids is 1. The first kappa shape index (κ1) is 21.4. The maximum atomic E-state index is 13.0. The number of nitrogens with zero attached hydrogens (tertiary/aromatic N) is 5. The van der Waals surface area contributed by atoms with Gasteiger partial charge < -0.3 is 14.8 Å². The number of pyridine rings is 1. The second kappa shape index (κ2) is 9.09. The molecule has 1 amide bonds. The number of carbonyl (C=O) groups is 1. The molecule has 1 fully saturated rings. The van der Waals surface area contributed by atoms with Crippen molar-refractivity contribution in [2.45, 2.75) is 50.1 Å². The molecule has 1 saturated carbocycles. The third-order valence-electron chi connectivity index (χ3n) is 5.56. The van der Waals surface area contributed by atoms with Gasteiger partial charge in [-0.2, -0.15) is 0 Å². The number of anilines is 2. The van der Waals surface area contributed by atoms with E-state index in [4.69, 9.17) is 0 Å². The number of benzene rings is 1. The van der Waals surface area contributed by atoms with Crippen LogP contribution in [0.25, 0.3) is 11.4 Å². The van der Waals surface area contributed by atoms with Gasteiger partial charge in [0.1, 0.15) is 10.6 Å². The minimum Gasteiger partial charge on any atom is -0.357 e. The van der Waals surface area contributed by atoms with Crippen molar-refractivity contribution in [3.8, 4) is 11.4 Å². The summed E-state index contributed by atoms with van der Waals surface area (Å²) in [5, 5.41) is 12.8. The molecule has 7 nitrogen and oxygen atoms in total. The lowest BCUT2D eigenvalue weighted by Gasteiger charge is -2.20. The molecule has 1 N–H and O–H groups in total. The molecule has 4 rings (SSSR count). The summed E-state index contributed by atoms with van der Waals surface area (Å²) in [5.41, 5.74) is 1.80. The van der Waals surface area contributed by atoms with Crippen molar-refractivity contribution in [2.75, 3.05) is 23.3 Å². The van der Waals surface area contributed by atoms with Crippen molar-refractivity contribution in [1.29, 1.82) is 0 Å². The lowest BCUT2D eigenvalue weighted by molar-refractivity contribution is -0.116. The van der Waals surface area contributed by atoms with Crippen LogP contribution in [-0.4, -0.2) is 43.5 Å². The Morgan fingerprint density at radius 1 is 1.13 bits per heavy atom. The predicted octanol–water partition coefficient (Wildman–Crippen LogP) is 4.47. The van der Waals surface area contributed by atoms with Gasteiger partial charge in [0, 0.05) is 37.1 Å². The molecule has 1 aliphatic carbocycles. The average Bonchev–Trinajstić information content (AvgIpc) is 3.47. The molecule has 3 aromatic rings. The van der Waals surface area contributed by atoms with Gasteiger partial charge in [0.25, 0.3) is 0 Å². The van der Waals surface area contributed by atoms with Crippen molar-refractivity contribution in [3.63, 3.8) is 0 Å². The molecule has 162 valence electrons.